The zero-order valence-electron chi connectivity index (χ0n) is 15.9. The van der Waals surface area contributed by atoms with Crippen molar-refractivity contribution in [3.05, 3.63) is 76.7 Å². The van der Waals surface area contributed by atoms with E-state index in [4.69, 9.17) is 4.52 Å². The molecule has 3 aromatic rings. The molecule has 0 saturated heterocycles. The number of fused-ring (bicyclic) bond motifs is 1. The molecule has 1 aliphatic rings. The first-order valence-corrected chi connectivity index (χ1v) is 9.34. The highest BCUT2D eigenvalue weighted by Gasteiger charge is 2.25. The molecule has 4 rings (SSSR count). The van der Waals surface area contributed by atoms with Crippen molar-refractivity contribution in [1.82, 2.24) is 5.16 Å². The lowest BCUT2D eigenvalue weighted by Crippen LogP contribution is -2.28. The minimum atomic E-state index is -0.261. The number of carbonyl (C=O) groups is 2. The molecule has 142 valence electrons. The van der Waals surface area contributed by atoms with Gasteiger partial charge in [-0.1, -0.05) is 30.3 Å². The molecule has 1 aliphatic heterocycles. The number of aromatic nitrogens is 1. The lowest BCUT2D eigenvalue weighted by molar-refractivity contribution is 0.0988. The van der Waals surface area contributed by atoms with Gasteiger partial charge in [-0.15, -0.1) is 0 Å². The third-order valence-corrected chi connectivity index (χ3v) is 5.02. The van der Waals surface area contributed by atoms with Gasteiger partial charge in [0, 0.05) is 23.5 Å². The maximum absolute atomic E-state index is 12.9. The predicted octanol–water partition coefficient (Wildman–Crippen LogP) is 4.00. The molecule has 0 atom stereocenters. The lowest BCUT2D eigenvalue weighted by atomic mass is 10.1. The summed E-state index contributed by atoms with van der Waals surface area (Å²) >= 11 is 0. The molecule has 0 unspecified atom stereocenters. The Kier molecular flexibility index (Phi) is 4.69. The second kappa shape index (κ2) is 7.31. The fraction of sp³-hybridized carbons (Fsp3) is 0.227. The monoisotopic (exact) mass is 375 g/mol. The quantitative estimate of drug-likeness (QED) is 0.748. The normalized spacial score (nSPS) is 12.7. The molecule has 0 fully saturated rings. The van der Waals surface area contributed by atoms with Gasteiger partial charge in [-0.05, 0) is 55.7 Å². The van der Waals surface area contributed by atoms with Crippen LogP contribution in [0.3, 0.4) is 0 Å². The first kappa shape index (κ1) is 18.0. The number of nitrogens with one attached hydrogen (secondary N) is 1. The highest BCUT2D eigenvalue weighted by molar-refractivity contribution is 6.08. The summed E-state index contributed by atoms with van der Waals surface area (Å²) < 4.78 is 5.12. The van der Waals surface area contributed by atoms with E-state index < -0.39 is 0 Å². The van der Waals surface area contributed by atoms with Crippen molar-refractivity contribution in [3.63, 3.8) is 0 Å². The molecule has 0 saturated carbocycles. The maximum atomic E-state index is 12.9. The van der Waals surface area contributed by atoms with Crippen LogP contribution in [0.15, 0.2) is 53.1 Å². The van der Waals surface area contributed by atoms with Gasteiger partial charge in [0.05, 0.1) is 5.69 Å². The van der Waals surface area contributed by atoms with E-state index in [0.29, 0.717) is 41.2 Å². The van der Waals surface area contributed by atoms with Crippen LogP contribution >= 0.6 is 0 Å². The van der Waals surface area contributed by atoms with Crippen molar-refractivity contribution in [1.29, 1.82) is 0 Å². The zero-order chi connectivity index (χ0) is 19.7. The van der Waals surface area contributed by atoms with Crippen LogP contribution in [0.25, 0.3) is 0 Å². The highest BCUT2D eigenvalue weighted by Crippen LogP contribution is 2.29. The van der Waals surface area contributed by atoms with E-state index in [2.05, 4.69) is 16.5 Å². The van der Waals surface area contributed by atoms with Crippen molar-refractivity contribution in [3.8, 4) is 0 Å². The standard InChI is InChI=1S/C22H21N3O3/c1-3-18-20(14(2)28-24-18)21(26)23-17-10-8-16(9-11-17)22(27)25-13-12-15-6-4-5-7-19(15)25/h4-11H,3,12-13H2,1-2H3,(H,23,26). The summed E-state index contributed by atoms with van der Waals surface area (Å²) in [5, 5.41) is 6.76. The summed E-state index contributed by atoms with van der Waals surface area (Å²) in [4.78, 5) is 27.2. The van der Waals surface area contributed by atoms with Gasteiger partial charge in [-0.3, -0.25) is 9.59 Å². The van der Waals surface area contributed by atoms with Crippen molar-refractivity contribution in [2.45, 2.75) is 26.7 Å². The van der Waals surface area contributed by atoms with E-state index in [-0.39, 0.29) is 11.8 Å². The first-order valence-electron chi connectivity index (χ1n) is 9.34. The number of aryl methyl sites for hydroxylation is 2. The number of anilines is 2. The second-order valence-electron chi connectivity index (χ2n) is 6.78. The number of hydrogen-bond donors (Lipinski definition) is 1. The summed E-state index contributed by atoms with van der Waals surface area (Å²) in [7, 11) is 0. The molecule has 6 nitrogen and oxygen atoms in total. The SMILES string of the molecule is CCc1noc(C)c1C(=O)Nc1ccc(C(=O)N2CCc3ccccc32)cc1. The topological polar surface area (TPSA) is 75.4 Å². The molecular weight excluding hydrogens is 354 g/mol. The largest absolute Gasteiger partial charge is 0.361 e. The van der Waals surface area contributed by atoms with Crippen LogP contribution in [0.4, 0.5) is 11.4 Å². The number of hydrogen-bond acceptors (Lipinski definition) is 4. The van der Waals surface area contributed by atoms with Crippen LogP contribution in [0.1, 0.15) is 44.7 Å². The van der Waals surface area contributed by atoms with E-state index in [0.717, 1.165) is 12.1 Å². The maximum Gasteiger partial charge on any atom is 0.261 e. The highest BCUT2D eigenvalue weighted by atomic mass is 16.5. The Bertz CT molecular complexity index is 1040. The number of benzene rings is 2. The Balaban J connectivity index is 1.49. The molecule has 6 heteroatoms. The van der Waals surface area contributed by atoms with E-state index >= 15 is 0 Å². The minimum Gasteiger partial charge on any atom is -0.361 e. The smallest absolute Gasteiger partial charge is 0.261 e. The Morgan fingerprint density at radius 2 is 1.89 bits per heavy atom. The third kappa shape index (κ3) is 3.17. The Hall–Kier alpha value is -3.41. The molecule has 1 aromatic heterocycles. The number of amides is 2. The van der Waals surface area contributed by atoms with Crippen molar-refractivity contribution in [2.24, 2.45) is 0 Å². The summed E-state index contributed by atoms with van der Waals surface area (Å²) in [6.45, 7) is 4.32. The summed E-state index contributed by atoms with van der Waals surface area (Å²) in [5.41, 5.74) is 4.47. The molecule has 28 heavy (non-hydrogen) atoms. The van der Waals surface area contributed by atoms with Gasteiger partial charge in [0.1, 0.15) is 11.3 Å². The predicted molar refractivity (Wildman–Crippen MR) is 107 cm³/mol. The van der Waals surface area contributed by atoms with Gasteiger partial charge in [-0.2, -0.15) is 0 Å². The molecule has 0 radical (unpaired) electrons. The van der Waals surface area contributed by atoms with Crippen LogP contribution in [0.5, 0.6) is 0 Å². The molecule has 2 aromatic carbocycles. The summed E-state index contributed by atoms with van der Waals surface area (Å²) in [6.07, 6.45) is 1.48. The summed E-state index contributed by atoms with van der Waals surface area (Å²) in [6, 6.07) is 14.9. The number of rotatable bonds is 4. The average Bonchev–Trinajstić information content (AvgIpc) is 3.31. The van der Waals surface area contributed by atoms with Crippen LogP contribution in [-0.4, -0.2) is 23.5 Å². The van der Waals surface area contributed by atoms with Crippen molar-refractivity contribution >= 4 is 23.2 Å². The van der Waals surface area contributed by atoms with E-state index in [1.54, 1.807) is 36.1 Å². The van der Waals surface area contributed by atoms with Gasteiger partial charge >= 0.3 is 0 Å². The second-order valence-corrected chi connectivity index (χ2v) is 6.78. The molecule has 0 spiro atoms. The van der Waals surface area contributed by atoms with Crippen LogP contribution in [0, 0.1) is 6.92 Å². The van der Waals surface area contributed by atoms with E-state index in [9.17, 15) is 9.59 Å². The molecule has 1 N–H and O–H groups in total. The number of carbonyl (C=O) groups excluding carboxylic acids is 2. The molecule has 2 amide bonds. The van der Waals surface area contributed by atoms with Crippen LogP contribution < -0.4 is 10.2 Å². The molecule has 0 aliphatic carbocycles. The van der Waals surface area contributed by atoms with Gasteiger partial charge < -0.3 is 14.7 Å². The van der Waals surface area contributed by atoms with Gasteiger partial charge in [0.15, 0.2) is 0 Å². The minimum absolute atomic E-state index is 0.0361. The molecular formula is C22H21N3O3. The number of para-hydroxylation sites is 1. The molecule has 2 heterocycles. The Labute approximate surface area is 163 Å². The van der Waals surface area contributed by atoms with Crippen molar-refractivity contribution in [2.75, 3.05) is 16.8 Å². The lowest BCUT2D eigenvalue weighted by Gasteiger charge is -2.17. The molecule has 0 bridgehead atoms. The third-order valence-electron chi connectivity index (χ3n) is 5.02. The van der Waals surface area contributed by atoms with E-state index in [1.165, 1.54) is 5.56 Å². The Morgan fingerprint density at radius 1 is 1.14 bits per heavy atom. The first-order chi connectivity index (χ1) is 13.6. The van der Waals surface area contributed by atoms with Gasteiger partial charge in [0.25, 0.3) is 11.8 Å². The van der Waals surface area contributed by atoms with Gasteiger partial charge in [-0.25, -0.2) is 0 Å². The average molecular weight is 375 g/mol. The zero-order valence-corrected chi connectivity index (χ0v) is 15.9. The number of nitrogens with zero attached hydrogens (tertiary/aromatic N) is 2. The Morgan fingerprint density at radius 3 is 2.64 bits per heavy atom. The summed E-state index contributed by atoms with van der Waals surface area (Å²) in [5.74, 6) is 0.197. The van der Waals surface area contributed by atoms with E-state index in [1.807, 2.05) is 25.1 Å². The van der Waals surface area contributed by atoms with Crippen LogP contribution in [-0.2, 0) is 12.8 Å². The fourth-order valence-electron chi connectivity index (χ4n) is 3.55. The van der Waals surface area contributed by atoms with Crippen LogP contribution in [0.2, 0.25) is 0 Å². The van der Waals surface area contributed by atoms with Gasteiger partial charge in [0.2, 0.25) is 0 Å². The van der Waals surface area contributed by atoms with Crippen molar-refractivity contribution < 1.29 is 14.1 Å². The fourth-order valence-corrected chi connectivity index (χ4v) is 3.55.